The Bertz CT molecular complexity index is 520. The number of hydrogen-bond donors (Lipinski definition) is 1. The van der Waals surface area contributed by atoms with E-state index in [-0.39, 0.29) is 18.6 Å². The number of aliphatic hydroxyl groups excluding tert-OH is 1. The normalized spacial score (nSPS) is 14.0. The Balaban J connectivity index is 2.14. The lowest BCUT2D eigenvalue weighted by molar-refractivity contribution is 0.0701. The number of carbonyl (C=O) groups excluding carboxylic acids is 1. The first-order valence-corrected chi connectivity index (χ1v) is 7.99. The van der Waals surface area contributed by atoms with Gasteiger partial charge in [-0.05, 0) is 44.1 Å². The molecule has 1 amide bonds. The van der Waals surface area contributed by atoms with Gasteiger partial charge in [0.1, 0.15) is 4.88 Å². The van der Waals surface area contributed by atoms with Crippen molar-refractivity contribution < 1.29 is 9.90 Å². The average molecular weight is 291 g/mol. The third-order valence-corrected chi connectivity index (χ3v) is 4.26. The average Bonchev–Trinajstić information content (AvgIpc) is 3.12. The molecule has 0 aromatic carbocycles. The molecule has 0 aliphatic heterocycles. The lowest BCUT2D eigenvalue weighted by atomic mass is 10.2. The molecule has 0 unspecified atom stereocenters. The minimum absolute atomic E-state index is 0.0558. The summed E-state index contributed by atoms with van der Waals surface area (Å²) in [7, 11) is 0. The lowest BCUT2D eigenvalue weighted by Crippen LogP contribution is -2.38. The minimum atomic E-state index is 0.0558. The van der Waals surface area contributed by atoms with Gasteiger partial charge >= 0.3 is 0 Å². The van der Waals surface area contributed by atoms with Crippen LogP contribution in [-0.2, 0) is 0 Å². The summed E-state index contributed by atoms with van der Waals surface area (Å²) in [5.41, 5.74) is 0.787. The van der Waals surface area contributed by atoms with Gasteiger partial charge in [0.25, 0.3) is 5.91 Å². The summed E-state index contributed by atoms with van der Waals surface area (Å²) in [5, 5.41) is 10.7. The first-order valence-electron chi connectivity index (χ1n) is 7.11. The van der Waals surface area contributed by atoms with E-state index in [1.54, 1.807) is 0 Å². The van der Waals surface area contributed by atoms with Crippen LogP contribution in [0.1, 0.15) is 48.3 Å². The maximum absolute atomic E-state index is 12.7. The fourth-order valence-electron chi connectivity index (χ4n) is 2.02. The summed E-state index contributed by atoms with van der Waals surface area (Å²) < 4.78 is 0. The van der Waals surface area contributed by atoms with Crippen LogP contribution < -0.4 is 0 Å². The fraction of sp³-hybridized carbons (Fsp3) is 0.562. The van der Waals surface area contributed by atoms with Gasteiger partial charge in [0.2, 0.25) is 0 Å². The van der Waals surface area contributed by atoms with Gasteiger partial charge in [0, 0.05) is 24.6 Å². The lowest BCUT2D eigenvalue weighted by Gasteiger charge is -2.26. The molecule has 0 saturated heterocycles. The van der Waals surface area contributed by atoms with Gasteiger partial charge in [-0.1, -0.05) is 11.8 Å². The molecule has 1 N–H and O–H groups in total. The van der Waals surface area contributed by atoms with Crippen LogP contribution in [0.2, 0.25) is 0 Å². The topological polar surface area (TPSA) is 40.5 Å². The van der Waals surface area contributed by atoms with Crippen molar-refractivity contribution in [1.29, 1.82) is 0 Å². The quantitative estimate of drug-likeness (QED) is 0.847. The van der Waals surface area contributed by atoms with Gasteiger partial charge in [-0.3, -0.25) is 4.79 Å². The Morgan fingerprint density at radius 3 is 2.90 bits per heavy atom. The van der Waals surface area contributed by atoms with Crippen LogP contribution in [0.5, 0.6) is 0 Å². The highest BCUT2D eigenvalue weighted by Gasteiger charge is 2.29. The van der Waals surface area contributed by atoms with Gasteiger partial charge in [0.05, 0.1) is 6.61 Å². The predicted molar refractivity (Wildman–Crippen MR) is 81.8 cm³/mol. The maximum Gasteiger partial charge on any atom is 0.265 e. The molecule has 1 aliphatic rings. The molecule has 1 saturated carbocycles. The Morgan fingerprint density at radius 1 is 1.55 bits per heavy atom. The van der Waals surface area contributed by atoms with E-state index in [2.05, 4.69) is 25.7 Å². The molecule has 108 valence electrons. The van der Waals surface area contributed by atoms with Crippen molar-refractivity contribution in [3.05, 3.63) is 21.9 Å². The second kappa shape index (κ2) is 6.92. The predicted octanol–water partition coefficient (Wildman–Crippen LogP) is 2.74. The number of amides is 1. The summed E-state index contributed by atoms with van der Waals surface area (Å²) in [4.78, 5) is 15.4. The van der Waals surface area contributed by atoms with E-state index in [0.29, 0.717) is 12.3 Å². The van der Waals surface area contributed by atoms with E-state index >= 15 is 0 Å². The largest absolute Gasteiger partial charge is 0.395 e. The molecule has 4 heteroatoms. The van der Waals surface area contributed by atoms with Crippen LogP contribution in [-0.4, -0.2) is 35.1 Å². The molecule has 1 aliphatic carbocycles. The SMILES string of the molecule is CC(C)N(CC1CC1)C(=O)c1sccc1C#CCCO. The molecule has 1 aromatic rings. The first-order chi connectivity index (χ1) is 9.63. The Kier molecular flexibility index (Phi) is 5.22. The summed E-state index contributed by atoms with van der Waals surface area (Å²) in [6.45, 7) is 5.04. The van der Waals surface area contributed by atoms with Gasteiger partial charge in [-0.2, -0.15) is 0 Å². The van der Waals surface area contributed by atoms with Crippen molar-refractivity contribution in [2.45, 2.75) is 39.2 Å². The van der Waals surface area contributed by atoms with Crippen molar-refractivity contribution in [3.63, 3.8) is 0 Å². The summed E-state index contributed by atoms with van der Waals surface area (Å²) in [6.07, 6.45) is 2.92. The van der Waals surface area contributed by atoms with Crippen LogP contribution >= 0.6 is 11.3 Å². The van der Waals surface area contributed by atoms with E-state index in [1.165, 1.54) is 24.2 Å². The van der Waals surface area contributed by atoms with Crippen molar-refractivity contribution in [3.8, 4) is 11.8 Å². The van der Waals surface area contributed by atoms with E-state index in [4.69, 9.17) is 5.11 Å². The molecule has 2 rings (SSSR count). The molecular weight excluding hydrogens is 270 g/mol. The van der Waals surface area contributed by atoms with Crippen LogP contribution in [0.15, 0.2) is 11.4 Å². The number of thiophene rings is 1. The molecule has 0 bridgehead atoms. The fourth-order valence-corrected chi connectivity index (χ4v) is 2.83. The molecule has 0 radical (unpaired) electrons. The van der Waals surface area contributed by atoms with Gasteiger partial charge in [-0.25, -0.2) is 0 Å². The third-order valence-electron chi connectivity index (χ3n) is 3.36. The van der Waals surface area contributed by atoms with Crippen molar-refractivity contribution in [2.24, 2.45) is 5.92 Å². The number of hydrogen-bond acceptors (Lipinski definition) is 3. The zero-order valence-electron chi connectivity index (χ0n) is 12.1. The van der Waals surface area contributed by atoms with Crippen molar-refractivity contribution in [1.82, 2.24) is 4.90 Å². The highest BCUT2D eigenvalue weighted by atomic mass is 32.1. The molecule has 3 nitrogen and oxygen atoms in total. The second-order valence-corrected chi connectivity index (χ2v) is 6.35. The molecule has 0 spiro atoms. The number of rotatable bonds is 5. The van der Waals surface area contributed by atoms with E-state index in [9.17, 15) is 4.79 Å². The monoisotopic (exact) mass is 291 g/mol. The highest BCUT2D eigenvalue weighted by molar-refractivity contribution is 7.12. The van der Waals surface area contributed by atoms with Crippen LogP contribution in [0.4, 0.5) is 0 Å². The summed E-state index contributed by atoms with van der Waals surface area (Å²) in [5.74, 6) is 6.66. The van der Waals surface area contributed by atoms with E-state index in [0.717, 1.165) is 17.0 Å². The molecule has 20 heavy (non-hydrogen) atoms. The molecule has 1 heterocycles. The Morgan fingerprint density at radius 2 is 2.30 bits per heavy atom. The van der Waals surface area contributed by atoms with Crippen LogP contribution in [0.3, 0.4) is 0 Å². The van der Waals surface area contributed by atoms with Gasteiger partial charge in [0.15, 0.2) is 0 Å². The number of nitrogens with zero attached hydrogens (tertiary/aromatic N) is 1. The smallest absolute Gasteiger partial charge is 0.265 e. The molecular formula is C16H21NO2S. The van der Waals surface area contributed by atoms with Crippen LogP contribution in [0.25, 0.3) is 0 Å². The summed E-state index contributed by atoms with van der Waals surface area (Å²) >= 11 is 1.45. The maximum atomic E-state index is 12.7. The zero-order chi connectivity index (χ0) is 14.5. The van der Waals surface area contributed by atoms with Crippen molar-refractivity contribution >= 4 is 17.2 Å². The highest BCUT2D eigenvalue weighted by Crippen LogP contribution is 2.31. The first kappa shape index (κ1) is 15.1. The van der Waals surface area contributed by atoms with E-state index in [1.807, 2.05) is 16.3 Å². The second-order valence-electron chi connectivity index (χ2n) is 5.43. The molecule has 1 fully saturated rings. The standard InChI is InChI=1S/C16H21NO2S/c1-12(2)17(11-13-6-7-13)16(19)15-14(8-10-20-15)5-3-4-9-18/h8,10,12-13,18H,4,6-7,9,11H2,1-2H3. The van der Waals surface area contributed by atoms with E-state index < -0.39 is 0 Å². The van der Waals surface area contributed by atoms with Crippen LogP contribution in [0, 0.1) is 17.8 Å². The molecule has 1 aromatic heterocycles. The number of carbonyl (C=O) groups is 1. The Labute approximate surface area is 124 Å². The summed E-state index contributed by atoms with van der Waals surface area (Å²) in [6, 6.07) is 2.10. The van der Waals surface area contributed by atoms with Crippen molar-refractivity contribution in [2.75, 3.05) is 13.2 Å². The Hall–Kier alpha value is -1.31. The molecule has 0 atom stereocenters. The van der Waals surface area contributed by atoms with Gasteiger partial charge < -0.3 is 10.0 Å². The number of aliphatic hydroxyl groups is 1. The van der Waals surface area contributed by atoms with Gasteiger partial charge in [-0.15, -0.1) is 11.3 Å². The minimum Gasteiger partial charge on any atom is -0.395 e. The third kappa shape index (κ3) is 3.84. The zero-order valence-corrected chi connectivity index (χ0v) is 12.9.